The van der Waals surface area contributed by atoms with Gasteiger partial charge in [-0.25, -0.2) is 4.79 Å². The summed E-state index contributed by atoms with van der Waals surface area (Å²) < 4.78 is 39.2. The van der Waals surface area contributed by atoms with E-state index in [-0.39, 0.29) is 25.2 Å². The number of alkyl halides is 3. The first kappa shape index (κ1) is 17.5. The number of carbonyl (C=O) groups is 3. The summed E-state index contributed by atoms with van der Waals surface area (Å²) in [5.74, 6) is -1.41. The fourth-order valence-electron chi connectivity index (χ4n) is 2.10. The van der Waals surface area contributed by atoms with Crippen molar-refractivity contribution in [1.82, 2.24) is 15.5 Å². The third-order valence-electron chi connectivity index (χ3n) is 3.24. The lowest BCUT2D eigenvalue weighted by atomic mass is 10.1. The second-order valence-corrected chi connectivity index (χ2v) is 4.92. The molecule has 4 amide bonds. The lowest BCUT2D eigenvalue weighted by molar-refractivity contribution is -0.125. The third kappa shape index (κ3) is 4.34. The van der Waals surface area contributed by atoms with Crippen LogP contribution in [-0.2, 0) is 9.59 Å². The normalized spacial score (nSPS) is 15.5. The zero-order chi connectivity index (χ0) is 17.7. The zero-order valence-corrected chi connectivity index (χ0v) is 12.4. The maximum absolute atomic E-state index is 13.1. The molecule has 1 heterocycles. The average molecular weight is 341 g/mol. The Morgan fingerprint density at radius 2 is 1.92 bits per heavy atom. The Morgan fingerprint density at radius 3 is 2.46 bits per heavy atom. The predicted molar refractivity (Wildman–Crippen MR) is 78.6 cm³/mol. The number of imide groups is 1. The van der Waals surface area contributed by atoms with E-state index in [2.05, 4.69) is 10.6 Å². The summed E-state index contributed by atoms with van der Waals surface area (Å²) in [4.78, 5) is 35.2. The van der Waals surface area contributed by atoms with E-state index in [1.807, 2.05) is 0 Å². The first-order chi connectivity index (χ1) is 11.3. The van der Waals surface area contributed by atoms with Gasteiger partial charge in [0.25, 0.3) is 0 Å². The van der Waals surface area contributed by atoms with Gasteiger partial charge in [0.15, 0.2) is 0 Å². The van der Waals surface area contributed by atoms with E-state index in [0.29, 0.717) is 6.08 Å². The smallest absolute Gasteiger partial charge is 0.351 e. The van der Waals surface area contributed by atoms with E-state index in [4.69, 9.17) is 0 Å². The van der Waals surface area contributed by atoms with E-state index in [9.17, 15) is 27.6 Å². The van der Waals surface area contributed by atoms with Gasteiger partial charge in [-0.05, 0) is 5.56 Å². The van der Waals surface area contributed by atoms with Crippen molar-refractivity contribution in [2.45, 2.75) is 6.18 Å². The highest BCUT2D eigenvalue weighted by molar-refractivity contribution is 6.02. The highest BCUT2D eigenvalue weighted by Gasteiger charge is 2.35. The average Bonchev–Trinajstić information content (AvgIpc) is 2.84. The van der Waals surface area contributed by atoms with Gasteiger partial charge in [0.05, 0.1) is 12.1 Å². The van der Waals surface area contributed by atoms with Crippen molar-refractivity contribution in [3.8, 4) is 0 Å². The quantitative estimate of drug-likeness (QED) is 0.626. The molecule has 0 bridgehead atoms. The number of hydrogen-bond donors (Lipinski definition) is 2. The van der Waals surface area contributed by atoms with Gasteiger partial charge in [-0.1, -0.05) is 30.3 Å². The molecule has 0 saturated carbocycles. The molecule has 1 aromatic carbocycles. The summed E-state index contributed by atoms with van der Waals surface area (Å²) >= 11 is 0. The van der Waals surface area contributed by atoms with Crippen molar-refractivity contribution >= 4 is 23.4 Å². The van der Waals surface area contributed by atoms with Gasteiger partial charge in [-0.2, -0.15) is 13.2 Å². The lowest BCUT2D eigenvalue weighted by Gasteiger charge is -2.14. The van der Waals surface area contributed by atoms with Crippen LogP contribution in [0.3, 0.4) is 0 Å². The number of rotatable bonds is 5. The summed E-state index contributed by atoms with van der Waals surface area (Å²) in [6, 6.07) is 6.34. The van der Waals surface area contributed by atoms with Crippen LogP contribution >= 0.6 is 0 Å². The third-order valence-corrected chi connectivity index (χ3v) is 3.24. The van der Waals surface area contributed by atoms with Crippen LogP contribution in [0.2, 0.25) is 0 Å². The SMILES string of the molecule is O=C(/C=C(\c1ccccc1)C(F)(F)F)NCCN1C(=O)CNC1=O. The Balaban J connectivity index is 2.00. The second-order valence-electron chi connectivity index (χ2n) is 4.92. The highest BCUT2D eigenvalue weighted by atomic mass is 19.4. The molecule has 0 aliphatic carbocycles. The molecule has 2 rings (SSSR count). The van der Waals surface area contributed by atoms with Gasteiger partial charge in [0, 0.05) is 19.2 Å². The maximum atomic E-state index is 13.1. The van der Waals surface area contributed by atoms with Crippen LogP contribution in [0.1, 0.15) is 5.56 Å². The molecule has 9 heteroatoms. The van der Waals surface area contributed by atoms with Crippen LogP contribution in [-0.4, -0.2) is 48.6 Å². The van der Waals surface area contributed by atoms with Gasteiger partial charge >= 0.3 is 12.2 Å². The van der Waals surface area contributed by atoms with Gasteiger partial charge in [0.1, 0.15) is 0 Å². The van der Waals surface area contributed by atoms with Crippen molar-refractivity contribution in [2.24, 2.45) is 0 Å². The standard InChI is InChI=1S/C15H14F3N3O3/c16-15(17,18)11(10-4-2-1-3-5-10)8-12(22)19-6-7-21-13(23)9-20-14(21)24/h1-5,8H,6-7,9H2,(H,19,22)(H,20,24)/b11-8+. The predicted octanol–water partition coefficient (Wildman–Crippen LogP) is 1.30. The molecule has 1 saturated heterocycles. The summed E-state index contributed by atoms with van der Waals surface area (Å²) in [6.07, 6.45) is -4.23. The minimum Gasteiger partial charge on any atom is -0.351 e. The fraction of sp³-hybridized carbons (Fsp3) is 0.267. The number of amides is 4. The number of hydrogen-bond acceptors (Lipinski definition) is 3. The first-order valence-corrected chi connectivity index (χ1v) is 6.99. The molecule has 2 N–H and O–H groups in total. The molecule has 128 valence electrons. The molecule has 1 aromatic rings. The molecule has 0 atom stereocenters. The molecule has 24 heavy (non-hydrogen) atoms. The Bertz CT molecular complexity index is 656. The van der Waals surface area contributed by atoms with E-state index in [1.165, 1.54) is 24.3 Å². The minimum absolute atomic E-state index is 0.114. The van der Waals surface area contributed by atoms with Crippen molar-refractivity contribution in [1.29, 1.82) is 0 Å². The van der Waals surface area contributed by atoms with Crippen molar-refractivity contribution < 1.29 is 27.6 Å². The van der Waals surface area contributed by atoms with Crippen LogP contribution in [0.15, 0.2) is 36.4 Å². The molecule has 1 fully saturated rings. The molecule has 0 spiro atoms. The minimum atomic E-state index is -4.69. The van der Waals surface area contributed by atoms with Crippen LogP contribution in [0.25, 0.3) is 5.57 Å². The molecule has 1 aliphatic rings. The molecular formula is C15H14F3N3O3. The maximum Gasteiger partial charge on any atom is 0.417 e. The lowest BCUT2D eigenvalue weighted by Crippen LogP contribution is -2.38. The number of carbonyl (C=O) groups excluding carboxylic acids is 3. The largest absolute Gasteiger partial charge is 0.417 e. The Labute approximate surface area is 135 Å². The van der Waals surface area contributed by atoms with E-state index in [0.717, 1.165) is 4.90 Å². The van der Waals surface area contributed by atoms with Gasteiger partial charge in [-0.15, -0.1) is 0 Å². The molecule has 0 unspecified atom stereocenters. The van der Waals surface area contributed by atoms with Crippen LogP contribution < -0.4 is 10.6 Å². The van der Waals surface area contributed by atoms with Crippen LogP contribution in [0, 0.1) is 0 Å². The van der Waals surface area contributed by atoms with Crippen molar-refractivity contribution in [3.63, 3.8) is 0 Å². The van der Waals surface area contributed by atoms with Gasteiger partial charge in [0.2, 0.25) is 11.8 Å². The zero-order valence-electron chi connectivity index (χ0n) is 12.4. The van der Waals surface area contributed by atoms with Crippen molar-refractivity contribution in [3.05, 3.63) is 42.0 Å². The molecule has 6 nitrogen and oxygen atoms in total. The topological polar surface area (TPSA) is 78.5 Å². The number of nitrogens with one attached hydrogen (secondary N) is 2. The molecular weight excluding hydrogens is 327 g/mol. The first-order valence-electron chi connectivity index (χ1n) is 6.99. The number of benzene rings is 1. The Hall–Kier alpha value is -2.84. The van der Waals surface area contributed by atoms with E-state index < -0.39 is 29.6 Å². The van der Waals surface area contributed by atoms with Gasteiger partial charge < -0.3 is 10.6 Å². The number of nitrogens with zero attached hydrogens (tertiary/aromatic N) is 1. The van der Waals surface area contributed by atoms with E-state index >= 15 is 0 Å². The van der Waals surface area contributed by atoms with Crippen LogP contribution in [0.4, 0.5) is 18.0 Å². The number of urea groups is 1. The summed E-state index contributed by atoms with van der Waals surface area (Å²) in [5, 5.41) is 4.53. The Kier molecular flexibility index (Phi) is 5.22. The molecule has 1 aliphatic heterocycles. The van der Waals surface area contributed by atoms with E-state index in [1.54, 1.807) is 6.07 Å². The Morgan fingerprint density at radius 1 is 1.25 bits per heavy atom. The van der Waals surface area contributed by atoms with Crippen LogP contribution in [0.5, 0.6) is 0 Å². The summed E-state index contributed by atoms with van der Waals surface area (Å²) in [7, 11) is 0. The number of halogens is 3. The monoisotopic (exact) mass is 341 g/mol. The molecule has 0 radical (unpaired) electrons. The molecule has 0 aromatic heterocycles. The second kappa shape index (κ2) is 7.16. The summed E-state index contributed by atoms with van der Waals surface area (Å²) in [5.41, 5.74) is -1.20. The highest BCUT2D eigenvalue weighted by Crippen LogP contribution is 2.33. The summed E-state index contributed by atoms with van der Waals surface area (Å²) in [6.45, 7) is -0.385. The van der Waals surface area contributed by atoms with Crippen molar-refractivity contribution in [2.75, 3.05) is 19.6 Å². The van der Waals surface area contributed by atoms with Gasteiger partial charge in [-0.3, -0.25) is 14.5 Å². The fourth-order valence-corrected chi connectivity index (χ4v) is 2.10. The number of allylic oxidation sites excluding steroid dienone is 1.